The lowest BCUT2D eigenvalue weighted by Gasteiger charge is -2.44. The fourth-order valence-corrected chi connectivity index (χ4v) is 4.92. The first-order chi connectivity index (χ1) is 16.2. The Kier molecular flexibility index (Phi) is 8.54. The fraction of sp³-hybridized carbons (Fsp3) is 0.414. The number of hydrogen-bond donors (Lipinski definition) is 0. The second-order valence-electron chi connectivity index (χ2n) is 10.3. The van der Waals surface area contributed by atoms with Crippen LogP contribution in [0, 0.1) is 12.3 Å². The third kappa shape index (κ3) is 6.07. The van der Waals surface area contributed by atoms with Gasteiger partial charge in [-0.15, -0.1) is 12.3 Å². The van der Waals surface area contributed by atoms with Crippen LogP contribution in [0.25, 0.3) is 0 Å². The minimum absolute atomic E-state index is 0.148. The summed E-state index contributed by atoms with van der Waals surface area (Å²) >= 11 is 0. The number of carbonyl (C=O) groups excluding carboxylic acids is 1. The molecule has 1 aliphatic heterocycles. The van der Waals surface area contributed by atoms with Gasteiger partial charge in [-0.05, 0) is 29.3 Å². The summed E-state index contributed by atoms with van der Waals surface area (Å²) in [5.41, 5.74) is 2.07. The van der Waals surface area contributed by atoms with Crippen molar-refractivity contribution in [3.05, 3.63) is 83.9 Å². The van der Waals surface area contributed by atoms with Crippen molar-refractivity contribution in [2.45, 2.75) is 63.5 Å². The molecule has 3 atom stereocenters. The highest BCUT2D eigenvalue weighted by Crippen LogP contribution is 2.42. The van der Waals surface area contributed by atoms with Crippen molar-refractivity contribution in [3.8, 4) is 12.3 Å². The van der Waals surface area contributed by atoms with Gasteiger partial charge < -0.3 is 9.16 Å². The molecule has 0 aromatic heterocycles. The predicted octanol–water partition coefficient (Wildman–Crippen LogP) is 6.30. The van der Waals surface area contributed by atoms with Gasteiger partial charge in [-0.3, -0.25) is 9.69 Å². The highest BCUT2D eigenvalue weighted by Gasteiger charge is 2.44. The van der Waals surface area contributed by atoms with Crippen LogP contribution in [0.5, 0.6) is 0 Å². The summed E-state index contributed by atoms with van der Waals surface area (Å²) in [6, 6.07) is 19.5. The third-order valence-electron chi connectivity index (χ3n) is 6.97. The van der Waals surface area contributed by atoms with Gasteiger partial charge in [0.25, 0.3) is 0 Å². The Bertz CT molecular complexity index is 1010. The van der Waals surface area contributed by atoms with Crippen molar-refractivity contribution in [2.75, 3.05) is 13.2 Å². The van der Waals surface area contributed by atoms with Gasteiger partial charge in [-0.2, -0.15) is 0 Å². The van der Waals surface area contributed by atoms with Crippen LogP contribution in [0.4, 0.5) is 0 Å². The summed E-state index contributed by atoms with van der Waals surface area (Å²) in [4.78, 5) is 15.3. The summed E-state index contributed by atoms with van der Waals surface area (Å²) in [5.74, 6) is 2.40. The maximum atomic E-state index is 13.1. The minimum Gasteiger partial charge on any atom is -0.454 e. The van der Waals surface area contributed by atoms with E-state index in [2.05, 4.69) is 69.0 Å². The summed E-state index contributed by atoms with van der Waals surface area (Å²) in [6.45, 7) is 12.3. The van der Waals surface area contributed by atoms with Crippen molar-refractivity contribution in [2.24, 2.45) is 0 Å². The number of terminal acetylenes is 1. The molecule has 180 valence electrons. The van der Waals surface area contributed by atoms with Crippen molar-refractivity contribution < 1.29 is 14.0 Å². The van der Waals surface area contributed by atoms with Gasteiger partial charge in [0, 0.05) is 13.0 Å². The first-order valence-electron chi connectivity index (χ1n) is 11.9. The van der Waals surface area contributed by atoms with E-state index in [0.717, 1.165) is 11.1 Å². The first kappa shape index (κ1) is 26.0. The molecule has 3 rings (SSSR count). The molecule has 1 aliphatic rings. The molecule has 0 unspecified atom stereocenters. The number of rotatable bonds is 8. The standard InChI is InChI=1S/C29H37NO3Si/c1-7-16-25-28(31)33-27(24-19-12-9-13-20-24)26(23-17-10-8-11-18-23)30(25)21-14-15-22-32-34(5,6)29(2,3)4/h1,8-15,17-20,25-27H,16,21-22H2,2-6H3/b15-14+/t25-,26-,27+/m0/s1. The van der Waals surface area contributed by atoms with Crippen LogP contribution in [0.15, 0.2) is 72.8 Å². The average molecular weight is 476 g/mol. The highest BCUT2D eigenvalue weighted by atomic mass is 28.4. The number of hydrogen-bond acceptors (Lipinski definition) is 4. The van der Waals surface area contributed by atoms with E-state index in [1.807, 2.05) is 48.5 Å². The molecule has 1 heterocycles. The Hall–Kier alpha value is -2.65. The van der Waals surface area contributed by atoms with Crippen molar-refractivity contribution in [1.29, 1.82) is 0 Å². The van der Waals surface area contributed by atoms with E-state index in [1.54, 1.807) is 0 Å². The third-order valence-corrected chi connectivity index (χ3v) is 11.5. The summed E-state index contributed by atoms with van der Waals surface area (Å²) in [5, 5.41) is 0.163. The van der Waals surface area contributed by atoms with Crippen LogP contribution in [0.1, 0.15) is 50.5 Å². The molecule has 0 radical (unpaired) electrons. The molecular weight excluding hydrogens is 438 g/mol. The average Bonchev–Trinajstić information content (AvgIpc) is 2.81. The van der Waals surface area contributed by atoms with Crippen molar-refractivity contribution in [1.82, 2.24) is 4.90 Å². The highest BCUT2D eigenvalue weighted by molar-refractivity contribution is 6.74. The molecular formula is C29H37NO3Si. The number of cyclic esters (lactones) is 1. The summed E-state index contributed by atoms with van der Waals surface area (Å²) in [7, 11) is -1.82. The Labute approximate surface area is 206 Å². The number of morpholine rings is 1. The summed E-state index contributed by atoms with van der Waals surface area (Å²) in [6.07, 6.45) is 9.70. The van der Waals surface area contributed by atoms with Gasteiger partial charge in [0.1, 0.15) is 12.1 Å². The maximum absolute atomic E-state index is 13.1. The number of ether oxygens (including phenoxy) is 1. The molecule has 0 saturated carbocycles. The van der Waals surface area contributed by atoms with Crippen LogP contribution >= 0.6 is 0 Å². The molecule has 1 saturated heterocycles. The zero-order valence-electron chi connectivity index (χ0n) is 21.0. The molecule has 2 aromatic carbocycles. The van der Waals surface area contributed by atoms with Crippen LogP contribution in [0.3, 0.4) is 0 Å². The predicted molar refractivity (Wildman–Crippen MR) is 141 cm³/mol. The van der Waals surface area contributed by atoms with E-state index in [9.17, 15) is 4.79 Å². The lowest BCUT2D eigenvalue weighted by atomic mass is 9.90. The molecule has 0 bridgehead atoms. The number of benzene rings is 2. The van der Waals surface area contributed by atoms with Crippen LogP contribution in [0.2, 0.25) is 18.1 Å². The lowest BCUT2D eigenvalue weighted by Crippen LogP contribution is -2.51. The SMILES string of the molecule is C#CC[C@H]1C(=O)O[C@H](c2ccccc2)[C@H](c2ccccc2)N1C/C=C/CO[Si](C)(C)C(C)(C)C. The van der Waals surface area contributed by atoms with Crippen molar-refractivity contribution >= 4 is 14.3 Å². The normalized spacial score (nSPS) is 21.9. The molecule has 4 nitrogen and oxygen atoms in total. The number of carbonyl (C=O) groups is 1. The fourth-order valence-electron chi connectivity index (χ4n) is 3.97. The number of nitrogens with zero attached hydrogens (tertiary/aromatic N) is 1. The van der Waals surface area contributed by atoms with E-state index in [-0.39, 0.29) is 17.0 Å². The van der Waals surface area contributed by atoms with E-state index >= 15 is 0 Å². The quantitative estimate of drug-likeness (QED) is 0.194. The van der Waals surface area contributed by atoms with Gasteiger partial charge in [0.05, 0.1) is 12.6 Å². The molecule has 0 spiro atoms. The molecule has 34 heavy (non-hydrogen) atoms. The van der Waals surface area contributed by atoms with E-state index in [4.69, 9.17) is 15.6 Å². The molecule has 0 amide bonds. The van der Waals surface area contributed by atoms with E-state index < -0.39 is 20.5 Å². The second-order valence-corrected chi connectivity index (χ2v) is 15.1. The Balaban J connectivity index is 1.89. The topological polar surface area (TPSA) is 38.8 Å². The Morgan fingerprint density at radius 2 is 1.62 bits per heavy atom. The van der Waals surface area contributed by atoms with Gasteiger partial charge in [-0.25, -0.2) is 0 Å². The van der Waals surface area contributed by atoms with Crippen LogP contribution in [-0.4, -0.2) is 38.4 Å². The zero-order chi connectivity index (χ0) is 24.8. The monoisotopic (exact) mass is 475 g/mol. The molecule has 0 N–H and O–H groups in total. The molecule has 0 aliphatic carbocycles. The largest absolute Gasteiger partial charge is 0.454 e. The lowest BCUT2D eigenvalue weighted by molar-refractivity contribution is -0.174. The zero-order valence-corrected chi connectivity index (χ0v) is 22.0. The second kappa shape index (κ2) is 11.2. The van der Waals surface area contributed by atoms with E-state index in [1.165, 1.54) is 0 Å². The van der Waals surface area contributed by atoms with Gasteiger partial charge in [0.2, 0.25) is 0 Å². The first-order valence-corrected chi connectivity index (χ1v) is 14.8. The Morgan fingerprint density at radius 3 is 2.18 bits per heavy atom. The maximum Gasteiger partial charge on any atom is 0.325 e. The van der Waals surface area contributed by atoms with Crippen LogP contribution in [-0.2, 0) is 14.0 Å². The smallest absolute Gasteiger partial charge is 0.325 e. The van der Waals surface area contributed by atoms with Gasteiger partial charge >= 0.3 is 5.97 Å². The number of esters is 1. The molecule has 1 fully saturated rings. The van der Waals surface area contributed by atoms with E-state index in [0.29, 0.717) is 19.6 Å². The molecule has 5 heteroatoms. The summed E-state index contributed by atoms with van der Waals surface area (Å²) < 4.78 is 12.3. The van der Waals surface area contributed by atoms with Gasteiger partial charge in [0.15, 0.2) is 8.32 Å². The van der Waals surface area contributed by atoms with Crippen molar-refractivity contribution in [3.63, 3.8) is 0 Å². The minimum atomic E-state index is -1.82. The van der Waals surface area contributed by atoms with Gasteiger partial charge in [-0.1, -0.05) is 93.6 Å². The van der Waals surface area contributed by atoms with Crippen LogP contribution < -0.4 is 0 Å². The molecule has 2 aromatic rings. The Morgan fingerprint density at radius 1 is 1.03 bits per heavy atom.